The van der Waals surface area contributed by atoms with Gasteiger partial charge in [-0.2, -0.15) is 0 Å². The van der Waals surface area contributed by atoms with Crippen molar-refractivity contribution in [3.05, 3.63) is 33.8 Å². The van der Waals surface area contributed by atoms with Gasteiger partial charge in [0.25, 0.3) is 0 Å². The van der Waals surface area contributed by atoms with Crippen molar-refractivity contribution in [2.75, 3.05) is 0 Å². The van der Waals surface area contributed by atoms with Crippen LogP contribution in [-0.4, -0.2) is 10.2 Å². The Morgan fingerprint density at radius 3 is 2.25 bits per heavy atom. The van der Waals surface area contributed by atoms with Gasteiger partial charge in [-0.3, -0.25) is 0 Å². The second-order valence-corrected chi connectivity index (χ2v) is 3.02. The predicted molar refractivity (Wildman–Crippen MR) is 41.2 cm³/mol. The first-order valence-electron chi connectivity index (χ1n) is 3.03. The van der Waals surface area contributed by atoms with E-state index in [0.717, 1.165) is 6.07 Å². The lowest BCUT2D eigenvalue weighted by molar-refractivity contribution is -0.0450. The fraction of sp³-hybridized carbons (Fsp3) is 0.143. The highest BCUT2D eigenvalue weighted by molar-refractivity contribution is 9.10. The molecule has 0 fully saturated rings. The summed E-state index contributed by atoms with van der Waals surface area (Å²) in [7, 11) is 0. The van der Waals surface area contributed by atoms with Gasteiger partial charge in [0.2, 0.25) is 0 Å². The molecule has 0 spiro atoms. The molecular weight excluding hydrogens is 234 g/mol. The molecule has 2 N–H and O–H groups in total. The molecule has 0 radical (unpaired) electrons. The highest BCUT2D eigenvalue weighted by Gasteiger charge is 2.12. The van der Waals surface area contributed by atoms with Crippen molar-refractivity contribution in [1.29, 1.82) is 0 Å². The molecule has 0 amide bonds. The Morgan fingerprint density at radius 1 is 1.17 bits per heavy atom. The monoisotopic (exact) mass is 238 g/mol. The molecule has 1 rings (SSSR count). The fourth-order valence-corrected chi connectivity index (χ4v) is 1.10. The molecule has 12 heavy (non-hydrogen) atoms. The predicted octanol–water partition coefficient (Wildman–Crippen LogP) is 1.71. The molecule has 0 aliphatic rings. The Morgan fingerprint density at radius 2 is 1.75 bits per heavy atom. The SMILES string of the molecule is OC(O)c1cc(Br)c(F)cc1F. The smallest absolute Gasteiger partial charge is 0.181 e. The van der Waals surface area contributed by atoms with Gasteiger partial charge in [0.05, 0.1) is 4.47 Å². The number of benzene rings is 1. The summed E-state index contributed by atoms with van der Waals surface area (Å²) < 4.78 is 25.3. The van der Waals surface area contributed by atoms with Crippen LogP contribution in [0.25, 0.3) is 0 Å². The van der Waals surface area contributed by atoms with Crippen LogP contribution in [0.5, 0.6) is 0 Å². The summed E-state index contributed by atoms with van der Waals surface area (Å²) in [5, 5.41) is 17.2. The van der Waals surface area contributed by atoms with E-state index in [2.05, 4.69) is 15.9 Å². The lowest BCUT2D eigenvalue weighted by Crippen LogP contribution is -1.99. The highest BCUT2D eigenvalue weighted by atomic mass is 79.9. The third kappa shape index (κ3) is 1.80. The first kappa shape index (κ1) is 9.57. The largest absolute Gasteiger partial charge is 0.364 e. The zero-order valence-electron chi connectivity index (χ0n) is 5.76. The summed E-state index contributed by atoms with van der Waals surface area (Å²) in [6.07, 6.45) is -1.93. The molecule has 0 aliphatic heterocycles. The molecule has 0 aliphatic carbocycles. The second kappa shape index (κ2) is 3.47. The summed E-state index contributed by atoms with van der Waals surface area (Å²) >= 11 is 2.78. The van der Waals surface area contributed by atoms with Crippen LogP contribution in [0.4, 0.5) is 8.78 Å². The first-order chi connectivity index (χ1) is 5.52. The van der Waals surface area contributed by atoms with Gasteiger partial charge in [-0.25, -0.2) is 8.78 Å². The molecule has 0 unspecified atom stereocenters. The number of hydrogen-bond acceptors (Lipinski definition) is 2. The van der Waals surface area contributed by atoms with E-state index in [9.17, 15) is 8.78 Å². The third-order valence-electron chi connectivity index (χ3n) is 1.32. The van der Waals surface area contributed by atoms with Gasteiger partial charge in [-0.05, 0) is 22.0 Å². The minimum absolute atomic E-state index is 0.00741. The average molecular weight is 239 g/mol. The fourth-order valence-electron chi connectivity index (χ4n) is 0.736. The van der Waals surface area contributed by atoms with Gasteiger partial charge < -0.3 is 10.2 Å². The molecule has 0 heterocycles. The molecule has 0 saturated carbocycles. The average Bonchev–Trinajstić information content (AvgIpc) is 1.96. The zero-order chi connectivity index (χ0) is 9.30. The molecule has 0 atom stereocenters. The topological polar surface area (TPSA) is 40.5 Å². The number of hydrogen-bond donors (Lipinski definition) is 2. The number of rotatable bonds is 1. The Balaban J connectivity index is 3.23. The summed E-state index contributed by atoms with van der Waals surface area (Å²) in [6.45, 7) is 0. The van der Waals surface area contributed by atoms with Crippen LogP contribution in [-0.2, 0) is 0 Å². The van der Waals surface area contributed by atoms with E-state index in [-0.39, 0.29) is 10.0 Å². The minimum Gasteiger partial charge on any atom is -0.364 e. The first-order valence-corrected chi connectivity index (χ1v) is 3.82. The molecule has 1 aromatic carbocycles. The van der Waals surface area contributed by atoms with E-state index in [1.807, 2.05) is 0 Å². The van der Waals surface area contributed by atoms with Crippen molar-refractivity contribution in [2.24, 2.45) is 0 Å². The lowest BCUT2D eigenvalue weighted by atomic mass is 10.2. The normalized spacial score (nSPS) is 10.8. The van der Waals surface area contributed by atoms with Gasteiger partial charge in [0.15, 0.2) is 6.29 Å². The molecule has 1 aromatic rings. The van der Waals surface area contributed by atoms with E-state index < -0.39 is 17.9 Å². The summed E-state index contributed by atoms with van der Waals surface area (Å²) in [5.41, 5.74) is -0.358. The van der Waals surface area contributed by atoms with E-state index in [4.69, 9.17) is 10.2 Å². The van der Waals surface area contributed by atoms with Crippen molar-refractivity contribution < 1.29 is 19.0 Å². The van der Waals surface area contributed by atoms with Crippen LogP contribution in [0.3, 0.4) is 0 Å². The van der Waals surface area contributed by atoms with E-state index >= 15 is 0 Å². The maximum absolute atomic E-state index is 12.7. The minimum atomic E-state index is -1.93. The molecular formula is C7H5BrF2O2. The van der Waals surface area contributed by atoms with Crippen LogP contribution in [0.15, 0.2) is 16.6 Å². The number of halogens is 3. The zero-order valence-corrected chi connectivity index (χ0v) is 7.35. The maximum Gasteiger partial charge on any atom is 0.181 e. The molecule has 0 bridgehead atoms. The van der Waals surface area contributed by atoms with Crippen molar-refractivity contribution in [2.45, 2.75) is 6.29 Å². The van der Waals surface area contributed by atoms with Crippen LogP contribution in [0.1, 0.15) is 11.9 Å². The Bertz CT molecular complexity index is 302. The van der Waals surface area contributed by atoms with Gasteiger partial charge in [0.1, 0.15) is 11.6 Å². The van der Waals surface area contributed by atoms with Crippen molar-refractivity contribution >= 4 is 15.9 Å². The van der Waals surface area contributed by atoms with Gasteiger partial charge in [0, 0.05) is 11.6 Å². The molecule has 5 heteroatoms. The number of aliphatic hydroxyl groups excluding tert-OH is 1. The van der Waals surface area contributed by atoms with Crippen LogP contribution in [0.2, 0.25) is 0 Å². The van der Waals surface area contributed by atoms with E-state index in [1.165, 1.54) is 0 Å². The highest BCUT2D eigenvalue weighted by Crippen LogP contribution is 2.23. The maximum atomic E-state index is 12.7. The third-order valence-corrected chi connectivity index (χ3v) is 1.93. The van der Waals surface area contributed by atoms with E-state index in [0.29, 0.717) is 6.07 Å². The standard InChI is InChI=1S/C7H5BrF2O2/c8-4-1-3(7(11)12)5(9)2-6(4)10/h1-2,7,11-12H. The van der Waals surface area contributed by atoms with Crippen molar-refractivity contribution in [1.82, 2.24) is 0 Å². The second-order valence-electron chi connectivity index (χ2n) is 2.16. The van der Waals surface area contributed by atoms with E-state index in [1.54, 1.807) is 0 Å². The van der Waals surface area contributed by atoms with Crippen molar-refractivity contribution in [3.63, 3.8) is 0 Å². The van der Waals surface area contributed by atoms with Crippen LogP contribution >= 0.6 is 15.9 Å². The van der Waals surface area contributed by atoms with Crippen LogP contribution in [0, 0.1) is 11.6 Å². The number of aliphatic hydroxyl groups is 2. The quantitative estimate of drug-likeness (QED) is 0.578. The van der Waals surface area contributed by atoms with Crippen LogP contribution < -0.4 is 0 Å². The molecule has 0 saturated heterocycles. The molecule has 66 valence electrons. The summed E-state index contributed by atoms with van der Waals surface area (Å²) in [5.74, 6) is -1.76. The Hall–Kier alpha value is -0.520. The van der Waals surface area contributed by atoms with Gasteiger partial charge >= 0.3 is 0 Å². The summed E-state index contributed by atoms with van der Waals surface area (Å²) in [4.78, 5) is 0. The van der Waals surface area contributed by atoms with Gasteiger partial charge in [-0.1, -0.05) is 0 Å². The Labute approximate surface area is 75.6 Å². The Kier molecular flexibility index (Phi) is 2.76. The summed E-state index contributed by atoms with van der Waals surface area (Å²) in [6, 6.07) is 1.56. The molecule has 2 nitrogen and oxygen atoms in total. The van der Waals surface area contributed by atoms with Gasteiger partial charge in [-0.15, -0.1) is 0 Å². The van der Waals surface area contributed by atoms with Crippen molar-refractivity contribution in [3.8, 4) is 0 Å². The lowest BCUT2D eigenvalue weighted by Gasteiger charge is -2.05. The molecule has 0 aromatic heterocycles.